The van der Waals surface area contributed by atoms with Crippen molar-refractivity contribution in [2.45, 2.75) is 19.9 Å². The molecular formula is C12H15N5O3. The first kappa shape index (κ1) is 13.8. The Bertz CT molecular complexity index is 648. The van der Waals surface area contributed by atoms with Crippen LogP contribution in [0.1, 0.15) is 36.1 Å². The van der Waals surface area contributed by atoms with Gasteiger partial charge in [0.2, 0.25) is 5.88 Å². The number of hydrogen-bond acceptors (Lipinski definition) is 5. The van der Waals surface area contributed by atoms with E-state index in [1.807, 2.05) is 6.92 Å². The number of H-pyrrole nitrogens is 2. The van der Waals surface area contributed by atoms with Crippen molar-refractivity contribution in [1.82, 2.24) is 25.5 Å². The molecule has 0 aliphatic rings. The fraction of sp³-hybridized carbons (Fsp3) is 0.333. The summed E-state index contributed by atoms with van der Waals surface area (Å²) in [7, 11) is 0. The molecule has 2 rings (SSSR count). The third-order valence-corrected chi connectivity index (χ3v) is 2.57. The van der Waals surface area contributed by atoms with Gasteiger partial charge in [-0.1, -0.05) is 0 Å². The van der Waals surface area contributed by atoms with E-state index in [-0.39, 0.29) is 11.8 Å². The van der Waals surface area contributed by atoms with Crippen LogP contribution in [-0.4, -0.2) is 32.7 Å². The molecule has 2 aromatic rings. The lowest BCUT2D eigenvalue weighted by Crippen LogP contribution is -2.28. The van der Waals surface area contributed by atoms with Gasteiger partial charge in [0.05, 0.1) is 12.6 Å². The summed E-state index contributed by atoms with van der Waals surface area (Å²) in [4.78, 5) is 29.6. The van der Waals surface area contributed by atoms with Crippen LogP contribution in [0.3, 0.4) is 0 Å². The van der Waals surface area contributed by atoms with E-state index in [0.29, 0.717) is 18.0 Å². The van der Waals surface area contributed by atoms with Gasteiger partial charge in [-0.3, -0.25) is 9.78 Å². The number of pyridine rings is 1. The lowest BCUT2D eigenvalue weighted by molar-refractivity contribution is 0.0933. The predicted molar refractivity (Wildman–Crippen MR) is 70.5 cm³/mol. The summed E-state index contributed by atoms with van der Waals surface area (Å²) in [6.07, 6.45) is 1.55. The van der Waals surface area contributed by atoms with Crippen LogP contribution in [0.4, 0.5) is 0 Å². The molecule has 1 atom stereocenters. The Kier molecular flexibility index (Phi) is 4.14. The molecule has 0 radical (unpaired) electrons. The number of rotatable bonds is 5. The number of hydrogen-bond donors (Lipinski definition) is 3. The van der Waals surface area contributed by atoms with E-state index in [9.17, 15) is 9.59 Å². The molecule has 2 heterocycles. The van der Waals surface area contributed by atoms with Gasteiger partial charge in [0, 0.05) is 6.20 Å². The van der Waals surface area contributed by atoms with Gasteiger partial charge < -0.3 is 10.1 Å². The van der Waals surface area contributed by atoms with E-state index in [4.69, 9.17) is 4.74 Å². The maximum atomic E-state index is 12.2. The van der Waals surface area contributed by atoms with Crippen molar-refractivity contribution in [3.05, 3.63) is 40.2 Å². The van der Waals surface area contributed by atoms with Crippen molar-refractivity contribution in [3.8, 4) is 5.88 Å². The molecule has 3 N–H and O–H groups in total. The summed E-state index contributed by atoms with van der Waals surface area (Å²) >= 11 is 0. The standard InChI is InChI=1S/C12H15N5O3/c1-3-20-11-8(5-4-6-13-11)10(18)14-7(2)9-15-12(19)17-16-9/h4-7H,3H2,1-2H3,(H,14,18)(H2,15,16,17,19)/t7-/m1/s1. The Hall–Kier alpha value is -2.64. The fourth-order valence-electron chi connectivity index (χ4n) is 1.65. The molecule has 1 amide bonds. The van der Waals surface area contributed by atoms with Crippen LogP contribution < -0.4 is 15.7 Å². The van der Waals surface area contributed by atoms with Gasteiger partial charge >= 0.3 is 5.69 Å². The van der Waals surface area contributed by atoms with Crippen molar-refractivity contribution in [1.29, 1.82) is 0 Å². The fourth-order valence-corrected chi connectivity index (χ4v) is 1.65. The van der Waals surface area contributed by atoms with Gasteiger partial charge in [0.25, 0.3) is 5.91 Å². The summed E-state index contributed by atoms with van der Waals surface area (Å²) < 4.78 is 5.30. The molecule has 2 aromatic heterocycles. The van der Waals surface area contributed by atoms with Crippen LogP contribution in [0.25, 0.3) is 0 Å². The summed E-state index contributed by atoms with van der Waals surface area (Å²) in [6.45, 7) is 3.94. The van der Waals surface area contributed by atoms with Crippen molar-refractivity contribution in [2.24, 2.45) is 0 Å². The summed E-state index contributed by atoms with van der Waals surface area (Å²) in [6, 6.07) is 2.82. The highest BCUT2D eigenvalue weighted by Crippen LogP contribution is 2.15. The molecule has 0 saturated heterocycles. The second kappa shape index (κ2) is 6.00. The Morgan fingerprint density at radius 3 is 3.00 bits per heavy atom. The second-order valence-electron chi connectivity index (χ2n) is 4.05. The Labute approximate surface area is 114 Å². The minimum atomic E-state index is -0.448. The van der Waals surface area contributed by atoms with E-state index in [2.05, 4.69) is 25.5 Å². The highest BCUT2D eigenvalue weighted by Gasteiger charge is 2.17. The molecule has 20 heavy (non-hydrogen) atoms. The minimum absolute atomic E-state index is 0.273. The number of aromatic nitrogens is 4. The maximum absolute atomic E-state index is 12.2. The summed E-state index contributed by atoms with van der Waals surface area (Å²) in [5, 5.41) is 8.72. The first-order valence-electron chi connectivity index (χ1n) is 6.15. The molecule has 0 saturated carbocycles. The zero-order chi connectivity index (χ0) is 14.5. The lowest BCUT2D eigenvalue weighted by atomic mass is 10.2. The number of amides is 1. The van der Waals surface area contributed by atoms with Crippen LogP contribution >= 0.6 is 0 Å². The van der Waals surface area contributed by atoms with Crippen molar-refractivity contribution in [3.63, 3.8) is 0 Å². The third-order valence-electron chi connectivity index (χ3n) is 2.57. The molecule has 0 fully saturated rings. The largest absolute Gasteiger partial charge is 0.477 e. The van der Waals surface area contributed by atoms with Crippen molar-refractivity contribution >= 4 is 5.91 Å². The van der Waals surface area contributed by atoms with Gasteiger partial charge in [0.15, 0.2) is 5.82 Å². The number of ether oxygens (including phenoxy) is 1. The molecule has 0 bridgehead atoms. The van der Waals surface area contributed by atoms with E-state index in [0.717, 1.165) is 0 Å². The van der Waals surface area contributed by atoms with Crippen molar-refractivity contribution < 1.29 is 9.53 Å². The number of carbonyl (C=O) groups excluding carboxylic acids is 1. The number of carbonyl (C=O) groups is 1. The highest BCUT2D eigenvalue weighted by molar-refractivity contribution is 5.96. The molecule has 0 unspecified atom stereocenters. The molecule has 8 heteroatoms. The molecule has 0 aliphatic carbocycles. The predicted octanol–water partition coefficient (Wildman–Crippen LogP) is 0.383. The molecule has 0 spiro atoms. The quantitative estimate of drug-likeness (QED) is 0.731. The van der Waals surface area contributed by atoms with E-state index in [1.54, 1.807) is 25.3 Å². The van der Waals surface area contributed by atoms with Gasteiger partial charge in [-0.2, -0.15) is 5.10 Å². The highest BCUT2D eigenvalue weighted by atomic mass is 16.5. The topological polar surface area (TPSA) is 113 Å². The molecule has 0 aliphatic heterocycles. The monoisotopic (exact) mass is 277 g/mol. The molecular weight excluding hydrogens is 262 g/mol. The molecule has 8 nitrogen and oxygen atoms in total. The number of aromatic amines is 2. The first-order valence-corrected chi connectivity index (χ1v) is 6.15. The van der Waals surface area contributed by atoms with Gasteiger partial charge in [-0.15, -0.1) is 0 Å². The lowest BCUT2D eigenvalue weighted by Gasteiger charge is -2.12. The Morgan fingerprint density at radius 1 is 1.55 bits per heavy atom. The zero-order valence-electron chi connectivity index (χ0n) is 11.1. The van der Waals surface area contributed by atoms with Crippen LogP contribution in [0.2, 0.25) is 0 Å². The second-order valence-corrected chi connectivity index (χ2v) is 4.05. The van der Waals surface area contributed by atoms with Gasteiger partial charge in [-0.05, 0) is 26.0 Å². The Balaban J connectivity index is 2.14. The Morgan fingerprint density at radius 2 is 2.35 bits per heavy atom. The van der Waals surface area contributed by atoms with Crippen LogP contribution in [0.5, 0.6) is 5.88 Å². The van der Waals surface area contributed by atoms with E-state index < -0.39 is 11.7 Å². The number of nitrogens with zero attached hydrogens (tertiary/aromatic N) is 2. The van der Waals surface area contributed by atoms with Gasteiger partial charge in [-0.25, -0.2) is 14.9 Å². The zero-order valence-corrected chi connectivity index (χ0v) is 11.1. The average Bonchev–Trinajstić information content (AvgIpc) is 2.86. The first-order chi connectivity index (χ1) is 9.61. The SMILES string of the molecule is CCOc1ncccc1C(=O)N[C@H](C)c1n[nH]c(=O)[nH]1. The van der Waals surface area contributed by atoms with E-state index in [1.165, 1.54) is 0 Å². The van der Waals surface area contributed by atoms with E-state index >= 15 is 0 Å². The van der Waals surface area contributed by atoms with Crippen LogP contribution in [0, 0.1) is 0 Å². The number of nitrogens with one attached hydrogen (secondary N) is 3. The minimum Gasteiger partial charge on any atom is -0.477 e. The third kappa shape index (κ3) is 3.02. The van der Waals surface area contributed by atoms with Crippen LogP contribution in [-0.2, 0) is 0 Å². The summed E-state index contributed by atoms with van der Waals surface area (Å²) in [5.41, 5.74) is -0.0865. The molecule has 0 aromatic carbocycles. The van der Waals surface area contributed by atoms with Crippen LogP contribution in [0.15, 0.2) is 23.1 Å². The average molecular weight is 277 g/mol. The molecule has 106 valence electrons. The van der Waals surface area contributed by atoms with Gasteiger partial charge in [0.1, 0.15) is 5.56 Å². The summed E-state index contributed by atoms with van der Waals surface area (Å²) in [5.74, 6) is 0.276. The van der Waals surface area contributed by atoms with Crippen molar-refractivity contribution in [2.75, 3.05) is 6.61 Å². The maximum Gasteiger partial charge on any atom is 0.340 e. The smallest absolute Gasteiger partial charge is 0.340 e. The normalized spacial score (nSPS) is 11.9.